The van der Waals surface area contributed by atoms with E-state index in [1.807, 2.05) is 42.5 Å². The standard InChI is InChI=1S/C21H17FN4O2/c1-11(20(23)27)24-21(28)15-9-16-18(25-26-19(16)17(22)10-15)14-7-6-12-4-2-3-5-13(12)8-14/h2-11H,1H3,(H2,23,27)(H,24,28)(H,25,26)/t11-/m0/s1. The number of aromatic amines is 1. The highest BCUT2D eigenvalue weighted by atomic mass is 19.1. The number of nitrogens with two attached hydrogens (primary N) is 1. The second-order valence-electron chi connectivity index (χ2n) is 6.61. The van der Waals surface area contributed by atoms with Gasteiger partial charge in [-0.05, 0) is 35.9 Å². The number of halogens is 1. The van der Waals surface area contributed by atoms with Crippen LogP contribution >= 0.6 is 0 Å². The number of H-pyrrole nitrogens is 1. The van der Waals surface area contributed by atoms with Gasteiger partial charge in [-0.25, -0.2) is 4.39 Å². The lowest BCUT2D eigenvalue weighted by Gasteiger charge is -2.10. The van der Waals surface area contributed by atoms with Gasteiger partial charge in [0.2, 0.25) is 5.91 Å². The van der Waals surface area contributed by atoms with Gasteiger partial charge in [0.25, 0.3) is 5.91 Å². The Kier molecular flexibility index (Phi) is 4.27. The number of carbonyl (C=O) groups is 2. The molecule has 1 atom stereocenters. The van der Waals surface area contributed by atoms with Gasteiger partial charge in [-0.1, -0.05) is 36.4 Å². The summed E-state index contributed by atoms with van der Waals surface area (Å²) in [6, 6.07) is 15.5. The van der Waals surface area contributed by atoms with Crippen molar-refractivity contribution < 1.29 is 14.0 Å². The van der Waals surface area contributed by atoms with Gasteiger partial charge in [-0.2, -0.15) is 5.10 Å². The third-order valence-corrected chi connectivity index (χ3v) is 4.69. The molecule has 7 heteroatoms. The maximum absolute atomic E-state index is 14.5. The lowest BCUT2D eigenvalue weighted by atomic mass is 10.0. The van der Waals surface area contributed by atoms with Crippen molar-refractivity contribution in [3.05, 3.63) is 66.0 Å². The normalized spacial score (nSPS) is 12.2. The number of benzene rings is 3. The summed E-state index contributed by atoms with van der Waals surface area (Å²) in [7, 11) is 0. The molecule has 28 heavy (non-hydrogen) atoms. The van der Waals surface area contributed by atoms with Crippen LogP contribution < -0.4 is 11.1 Å². The van der Waals surface area contributed by atoms with Crippen LogP contribution in [0.5, 0.6) is 0 Å². The summed E-state index contributed by atoms with van der Waals surface area (Å²) < 4.78 is 14.5. The van der Waals surface area contributed by atoms with E-state index in [0.29, 0.717) is 11.1 Å². The Labute approximate surface area is 159 Å². The molecular formula is C21H17FN4O2. The number of carbonyl (C=O) groups excluding carboxylic acids is 2. The van der Waals surface area contributed by atoms with Crippen molar-refractivity contribution in [2.24, 2.45) is 5.73 Å². The molecule has 0 saturated heterocycles. The number of aromatic nitrogens is 2. The van der Waals surface area contributed by atoms with Crippen LogP contribution in [0.1, 0.15) is 17.3 Å². The number of nitrogens with zero attached hydrogens (tertiary/aromatic N) is 1. The summed E-state index contributed by atoms with van der Waals surface area (Å²) in [4.78, 5) is 23.6. The summed E-state index contributed by atoms with van der Waals surface area (Å²) in [5.41, 5.74) is 6.83. The summed E-state index contributed by atoms with van der Waals surface area (Å²) in [6.07, 6.45) is 0. The van der Waals surface area contributed by atoms with Crippen LogP contribution in [0, 0.1) is 5.82 Å². The van der Waals surface area contributed by atoms with Gasteiger partial charge in [0, 0.05) is 16.5 Å². The fourth-order valence-electron chi connectivity index (χ4n) is 3.12. The van der Waals surface area contributed by atoms with Crippen LogP contribution in [0.4, 0.5) is 4.39 Å². The maximum Gasteiger partial charge on any atom is 0.252 e. The number of hydrogen-bond donors (Lipinski definition) is 3. The lowest BCUT2D eigenvalue weighted by Crippen LogP contribution is -2.42. The topological polar surface area (TPSA) is 101 Å². The Hall–Kier alpha value is -3.74. The highest BCUT2D eigenvalue weighted by Crippen LogP contribution is 2.30. The molecule has 1 aromatic heterocycles. The molecule has 0 spiro atoms. The zero-order chi connectivity index (χ0) is 19.8. The lowest BCUT2D eigenvalue weighted by molar-refractivity contribution is -0.119. The van der Waals surface area contributed by atoms with Crippen LogP contribution in [0.15, 0.2) is 54.6 Å². The van der Waals surface area contributed by atoms with Crippen molar-refractivity contribution >= 4 is 33.5 Å². The van der Waals surface area contributed by atoms with Crippen molar-refractivity contribution in [3.8, 4) is 11.3 Å². The highest BCUT2D eigenvalue weighted by Gasteiger charge is 2.19. The smallest absolute Gasteiger partial charge is 0.252 e. The van der Waals surface area contributed by atoms with E-state index in [9.17, 15) is 14.0 Å². The molecule has 1 heterocycles. The van der Waals surface area contributed by atoms with E-state index >= 15 is 0 Å². The maximum atomic E-state index is 14.5. The Bertz CT molecular complexity index is 1230. The average Bonchev–Trinajstić information content (AvgIpc) is 3.12. The minimum atomic E-state index is -0.865. The van der Waals surface area contributed by atoms with Crippen LogP contribution in [-0.2, 0) is 4.79 Å². The van der Waals surface area contributed by atoms with Crippen molar-refractivity contribution in [1.29, 1.82) is 0 Å². The Balaban J connectivity index is 1.80. The van der Waals surface area contributed by atoms with E-state index in [-0.39, 0.29) is 11.1 Å². The van der Waals surface area contributed by atoms with Crippen molar-refractivity contribution in [3.63, 3.8) is 0 Å². The van der Waals surface area contributed by atoms with E-state index in [4.69, 9.17) is 5.73 Å². The molecule has 3 aromatic carbocycles. The molecule has 0 fully saturated rings. The summed E-state index contributed by atoms with van der Waals surface area (Å²) in [5, 5.41) is 12.0. The second-order valence-corrected chi connectivity index (χ2v) is 6.61. The first-order chi connectivity index (χ1) is 13.4. The zero-order valence-corrected chi connectivity index (χ0v) is 15.0. The monoisotopic (exact) mass is 376 g/mol. The third-order valence-electron chi connectivity index (χ3n) is 4.69. The molecule has 0 saturated carbocycles. The Morgan fingerprint density at radius 1 is 1.11 bits per heavy atom. The largest absolute Gasteiger partial charge is 0.368 e. The van der Waals surface area contributed by atoms with Crippen molar-refractivity contribution in [1.82, 2.24) is 15.5 Å². The molecule has 4 aromatic rings. The predicted octanol–water partition coefficient (Wildman–Crippen LogP) is 3.13. The van der Waals surface area contributed by atoms with E-state index in [1.165, 1.54) is 6.92 Å². The molecule has 4 N–H and O–H groups in total. The molecule has 0 bridgehead atoms. The number of amides is 2. The molecule has 0 aliphatic heterocycles. The van der Waals surface area contributed by atoms with E-state index in [1.54, 1.807) is 6.07 Å². The third kappa shape index (κ3) is 3.07. The fourth-order valence-corrected chi connectivity index (χ4v) is 3.12. The van der Waals surface area contributed by atoms with Gasteiger partial charge in [0.15, 0.2) is 5.82 Å². The first-order valence-corrected chi connectivity index (χ1v) is 8.71. The van der Waals surface area contributed by atoms with Gasteiger partial charge in [-0.3, -0.25) is 14.7 Å². The van der Waals surface area contributed by atoms with E-state index in [2.05, 4.69) is 15.5 Å². The highest BCUT2D eigenvalue weighted by molar-refractivity contribution is 6.03. The molecule has 4 rings (SSSR count). The number of nitrogens with one attached hydrogen (secondary N) is 2. The fraction of sp³-hybridized carbons (Fsp3) is 0.0952. The molecular weight excluding hydrogens is 359 g/mol. The minimum absolute atomic E-state index is 0.0848. The summed E-state index contributed by atoms with van der Waals surface area (Å²) in [5.74, 6) is -1.88. The van der Waals surface area contributed by atoms with Crippen molar-refractivity contribution in [2.75, 3.05) is 0 Å². The summed E-state index contributed by atoms with van der Waals surface area (Å²) in [6.45, 7) is 1.47. The molecule has 6 nitrogen and oxygen atoms in total. The van der Waals surface area contributed by atoms with E-state index < -0.39 is 23.7 Å². The molecule has 140 valence electrons. The van der Waals surface area contributed by atoms with Crippen LogP contribution in [0.2, 0.25) is 0 Å². The molecule has 2 amide bonds. The molecule has 0 aliphatic carbocycles. The Morgan fingerprint density at radius 2 is 1.86 bits per heavy atom. The van der Waals surface area contributed by atoms with Crippen molar-refractivity contribution in [2.45, 2.75) is 13.0 Å². The average molecular weight is 376 g/mol. The van der Waals surface area contributed by atoms with Gasteiger partial charge < -0.3 is 11.1 Å². The molecule has 0 unspecified atom stereocenters. The van der Waals surface area contributed by atoms with Crippen LogP contribution in [0.25, 0.3) is 32.9 Å². The predicted molar refractivity (Wildman–Crippen MR) is 105 cm³/mol. The quantitative estimate of drug-likeness (QED) is 0.510. The van der Waals surface area contributed by atoms with Crippen LogP contribution in [-0.4, -0.2) is 28.1 Å². The molecule has 0 radical (unpaired) electrons. The van der Waals surface area contributed by atoms with E-state index in [0.717, 1.165) is 22.4 Å². The molecule has 0 aliphatic rings. The minimum Gasteiger partial charge on any atom is -0.368 e. The first-order valence-electron chi connectivity index (χ1n) is 8.71. The van der Waals surface area contributed by atoms with Gasteiger partial charge in [0.1, 0.15) is 11.6 Å². The SMILES string of the molecule is C[C@H](NC(=O)c1cc(F)c2n[nH]c(-c3ccc4ccccc4c3)c2c1)C(N)=O. The van der Waals surface area contributed by atoms with Gasteiger partial charge >= 0.3 is 0 Å². The number of hydrogen-bond acceptors (Lipinski definition) is 3. The Morgan fingerprint density at radius 3 is 2.61 bits per heavy atom. The first kappa shape index (κ1) is 17.7. The van der Waals surface area contributed by atoms with Crippen LogP contribution in [0.3, 0.4) is 0 Å². The van der Waals surface area contributed by atoms with Gasteiger partial charge in [0.05, 0.1) is 5.69 Å². The summed E-state index contributed by atoms with van der Waals surface area (Å²) >= 11 is 0. The number of rotatable bonds is 4. The van der Waals surface area contributed by atoms with Gasteiger partial charge in [-0.15, -0.1) is 0 Å². The second kappa shape index (κ2) is 6.77. The number of fused-ring (bicyclic) bond motifs is 2. The number of primary amides is 1. The zero-order valence-electron chi connectivity index (χ0n) is 15.0.